The average molecular weight is 669 g/mol. The van der Waals surface area contributed by atoms with Gasteiger partial charge in [0.15, 0.2) is 0 Å². The van der Waals surface area contributed by atoms with Crippen LogP contribution in [0, 0.1) is 13.7 Å². The maximum absolute atomic E-state index is 13.0. The molecule has 200 valence electrons. The van der Waals surface area contributed by atoms with E-state index in [4.69, 9.17) is 4.74 Å². The molecule has 1 fully saturated rings. The Morgan fingerprint density at radius 1 is 1.10 bits per heavy atom. The Labute approximate surface area is 236 Å². The molecule has 3 aromatic rings. The number of rotatable bonds is 7. The molecule has 9 nitrogen and oxygen atoms in total. The number of nitro groups is 1. The van der Waals surface area contributed by atoms with Crippen molar-refractivity contribution in [2.24, 2.45) is 0 Å². The number of nitrogens with zero attached hydrogens (tertiary/aromatic N) is 2. The van der Waals surface area contributed by atoms with Crippen molar-refractivity contribution in [2.45, 2.75) is 6.18 Å². The molecular weight excluding hydrogens is 654 g/mol. The predicted molar refractivity (Wildman–Crippen MR) is 145 cm³/mol. The summed E-state index contributed by atoms with van der Waals surface area (Å²) >= 11 is 2.74. The smallest absolute Gasteiger partial charge is 0.416 e. The van der Waals surface area contributed by atoms with E-state index in [0.29, 0.717) is 35.1 Å². The first kappa shape index (κ1) is 28.1. The number of amides is 3. The van der Waals surface area contributed by atoms with Crippen molar-refractivity contribution in [3.05, 3.63) is 96.4 Å². The third-order valence-corrected chi connectivity index (χ3v) is 6.80. The first-order valence-corrected chi connectivity index (χ1v) is 12.7. The van der Waals surface area contributed by atoms with E-state index in [1.54, 1.807) is 30.3 Å². The highest BCUT2D eigenvalue weighted by molar-refractivity contribution is 14.1. The first-order chi connectivity index (χ1) is 18.4. The lowest BCUT2D eigenvalue weighted by Gasteiger charge is -2.12. The summed E-state index contributed by atoms with van der Waals surface area (Å²) in [6.07, 6.45) is -3.40. The van der Waals surface area contributed by atoms with Gasteiger partial charge >= 0.3 is 11.9 Å². The highest BCUT2D eigenvalue weighted by atomic mass is 127. The van der Waals surface area contributed by atoms with Crippen molar-refractivity contribution in [3.63, 3.8) is 0 Å². The molecule has 0 spiro atoms. The molecule has 0 unspecified atom stereocenters. The minimum atomic E-state index is -4.77. The number of hydrogen-bond acceptors (Lipinski definition) is 7. The Hall–Kier alpha value is -3.92. The van der Waals surface area contributed by atoms with Crippen molar-refractivity contribution >= 4 is 68.9 Å². The molecule has 14 heteroatoms. The van der Waals surface area contributed by atoms with Gasteiger partial charge < -0.3 is 10.1 Å². The fraction of sp³-hybridized carbons (Fsp3) is 0.0800. The molecule has 1 saturated heterocycles. The third kappa shape index (κ3) is 6.94. The summed E-state index contributed by atoms with van der Waals surface area (Å²) in [6, 6.07) is 14.7. The number of hydrogen-bond donors (Lipinski definition) is 1. The van der Waals surface area contributed by atoms with Crippen LogP contribution in [0.15, 0.2) is 71.6 Å². The first-order valence-electron chi connectivity index (χ1n) is 10.8. The molecule has 4 rings (SSSR count). The number of alkyl halides is 3. The zero-order valence-electron chi connectivity index (χ0n) is 19.4. The minimum absolute atomic E-state index is 0.0275. The van der Waals surface area contributed by atoms with Gasteiger partial charge in [0, 0.05) is 15.3 Å². The van der Waals surface area contributed by atoms with Gasteiger partial charge in [0.1, 0.15) is 12.3 Å². The van der Waals surface area contributed by atoms with E-state index in [1.807, 2.05) is 0 Å². The van der Waals surface area contributed by atoms with E-state index in [0.717, 1.165) is 14.5 Å². The predicted octanol–water partition coefficient (Wildman–Crippen LogP) is 6.69. The van der Waals surface area contributed by atoms with E-state index in [1.165, 1.54) is 24.3 Å². The van der Waals surface area contributed by atoms with Crippen LogP contribution in [0.5, 0.6) is 11.5 Å². The Kier molecular flexibility index (Phi) is 8.25. The van der Waals surface area contributed by atoms with Crippen LogP contribution in [-0.2, 0) is 15.8 Å². The fourth-order valence-corrected chi connectivity index (χ4v) is 4.58. The van der Waals surface area contributed by atoms with Crippen molar-refractivity contribution in [1.29, 1.82) is 0 Å². The fourth-order valence-electron chi connectivity index (χ4n) is 3.38. The molecule has 3 amide bonds. The van der Waals surface area contributed by atoms with Gasteiger partial charge in [-0.25, -0.2) is 0 Å². The van der Waals surface area contributed by atoms with Gasteiger partial charge in [0.25, 0.3) is 11.1 Å². The number of ether oxygens (including phenoxy) is 1. The molecule has 39 heavy (non-hydrogen) atoms. The summed E-state index contributed by atoms with van der Waals surface area (Å²) in [7, 11) is 0. The summed E-state index contributed by atoms with van der Waals surface area (Å²) in [5.74, 6) is -1.62. The number of carbonyl (C=O) groups is 3. The quantitative estimate of drug-likeness (QED) is 0.129. The third-order valence-electron chi connectivity index (χ3n) is 5.17. The van der Waals surface area contributed by atoms with E-state index < -0.39 is 51.7 Å². The zero-order valence-corrected chi connectivity index (χ0v) is 22.4. The molecule has 1 heterocycles. The van der Waals surface area contributed by atoms with E-state index >= 15 is 0 Å². The maximum atomic E-state index is 13.0. The number of benzene rings is 3. The number of carbonyl (C=O) groups excluding carboxylic acids is 3. The topological polar surface area (TPSA) is 119 Å². The Balaban J connectivity index is 1.48. The molecule has 1 aliphatic rings. The van der Waals surface area contributed by atoms with E-state index in [2.05, 4.69) is 27.9 Å². The van der Waals surface area contributed by atoms with Crippen molar-refractivity contribution < 1.29 is 37.2 Å². The lowest BCUT2D eigenvalue weighted by molar-refractivity contribution is -0.385. The number of nitro benzene ring substituents is 1. The van der Waals surface area contributed by atoms with E-state index in [-0.39, 0.29) is 10.7 Å². The second-order valence-electron chi connectivity index (χ2n) is 7.93. The molecule has 0 radical (unpaired) electrons. The van der Waals surface area contributed by atoms with Gasteiger partial charge in [-0.1, -0.05) is 12.1 Å². The van der Waals surface area contributed by atoms with Crippen molar-refractivity contribution in [2.75, 3.05) is 11.9 Å². The van der Waals surface area contributed by atoms with Crippen LogP contribution in [0.1, 0.15) is 11.1 Å². The van der Waals surface area contributed by atoms with Gasteiger partial charge in [-0.3, -0.25) is 29.4 Å². The van der Waals surface area contributed by atoms with Gasteiger partial charge in [0.05, 0.1) is 15.4 Å². The molecule has 1 N–H and O–H groups in total. The highest BCUT2D eigenvalue weighted by Crippen LogP contribution is 2.38. The lowest BCUT2D eigenvalue weighted by Crippen LogP contribution is -2.36. The van der Waals surface area contributed by atoms with Gasteiger partial charge in [-0.15, -0.1) is 0 Å². The monoisotopic (exact) mass is 669 g/mol. The van der Waals surface area contributed by atoms with Crippen LogP contribution >= 0.6 is 34.4 Å². The van der Waals surface area contributed by atoms with Crippen LogP contribution in [0.4, 0.5) is 29.3 Å². The number of imide groups is 1. The minimum Gasteiger partial charge on any atom is -0.450 e. The van der Waals surface area contributed by atoms with E-state index in [9.17, 15) is 37.7 Å². The van der Waals surface area contributed by atoms with Crippen LogP contribution in [0.25, 0.3) is 6.08 Å². The standard InChI is InChI=1S/C25H15F3IN3O6S/c26-25(27,28)15-4-9-20(19(12-15)32(36)37)38-18-3-1-2-14(10-18)11-21-23(34)31(24(35)39-21)13-22(33)30-17-7-5-16(29)6-8-17/h1-12H,13H2,(H,30,33)/b21-11-. The normalized spacial score (nSPS) is 14.6. The van der Waals surface area contributed by atoms with Crippen LogP contribution in [0.3, 0.4) is 0 Å². The second-order valence-corrected chi connectivity index (χ2v) is 10.2. The molecule has 0 aliphatic carbocycles. The Morgan fingerprint density at radius 3 is 2.49 bits per heavy atom. The van der Waals surface area contributed by atoms with Crippen LogP contribution in [0.2, 0.25) is 0 Å². The van der Waals surface area contributed by atoms with Crippen molar-refractivity contribution in [3.8, 4) is 11.5 Å². The highest BCUT2D eigenvalue weighted by Gasteiger charge is 2.36. The van der Waals surface area contributed by atoms with Gasteiger partial charge in [0.2, 0.25) is 11.7 Å². The van der Waals surface area contributed by atoms with Crippen LogP contribution < -0.4 is 10.1 Å². The number of halogens is 4. The largest absolute Gasteiger partial charge is 0.450 e. The Morgan fingerprint density at radius 2 is 1.82 bits per heavy atom. The molecule has 1 aliphatic heterocycles. The zero-order chi connectivity index (χ0) is 28.3. The molecule has 0 saturated carbocycles. The molecular formula is C25H15F3IN3O6S. The number of thioether (sulfide) groups is 1. The van der Waals surface area contributed by atoms with Crippen LogP contribution in [-0.4, -0.2) is 33.4 Å². The SMILES string of the molecule is O=C(CN1C(=O)S/C(=C\c2cccc(Oc3ccc(C(F)(F)F)cc3[N+](=O)[O-])c2)C1=O)Nc1ccc(I)cc1. The number of nitrogens with one attached hydrogen (secondary N) is 1. The van der Waals surface area contributed by atoms with Gasteiger partial charge in [-0.2, -0.15) is 13.2 Å². The summed E-state index contributed by atoms with van der Waals surface area (Å²) in [6.45, 7) is -0.491. The molecule has 0 atom stereocenters. The maximum Gasteiger partial charge on any atom is 0.416 e. The lowest BCUT2D eigenvalue weighted by atomic mass is 10.1. The Bertz CT molecular complexity index is 1510. The number of anilines is 1. The summed E-state index contributed by atoms with van der Waals surface area (Å²) in [5, 5.41) is 13.3. The second kappa shape index (κ2) is 11.4. The summed E-state index contributed by atoms with van der Waals surface area (Å²) in [5.41, 5.74) is -1.19. The molecule has 3 aromatic carbocycles. The molecule has 0 aromatic heterocycles. The molecule has 0 bridgehead atoms. The summed E-state index contributed by atoms with van der Waals surface area (Å²) in [4.78, 5) is 48.7. The average Bonchev–Trinajstić information content (AvgIpc) is 3.12. The van der Waals surface area contributed by atoms with Gasteiger partial charge in [-0.05, 0) is 94.5 Å². The van der Waals surface area contributed by atoms with Crippen molar-refractivity contribution in [1.82, 2.24) is 4.90 Å². The summed E-state index contributed by atoms with van der Waals surface area (Å²) < 4.78 is 45.3.